The summed E-state index contributed by atoms with van der Waals surface area (Å²) in [4.78, 5) is 12.8. The quantitative estimate of drug-likeness (QED) is 0.575. The van der Waals surface area contributed by atoms with Crippen molar-refractivity contribution < 1.29 is 13.2 Å². The third-order valence-corrected chi connectivity index (χ3v) is 6.58. The number of amides is 1. The van der Waals surface area contributed by atoms with E-state index < -0.39 is 22.5 Å². The number of hydrogen-bond donors (Lipinski definition) is 1. The molecule has 0 atom stereocenters. The predicted molar refractivity (Wildman–Crippen MR) is 120 cm³/mol. The highest BCUT2D eigenvalue weighted by Gasteiger charge is 2.27. The maximum absolute atomic E-state index is 13.3. The molecule has 0 heterocycles. The number of nitriles is 1. The molecule has 31 heavy (non-hydrogen) atoms. The van der Waals surface area contributed by atoms with Crippen LogP contribution in [0.3, 0.4) is 0 Å². The number of carbonyl (C=O) groups excluding carboxylic acids is 1. The van der Waals surface area contributed by atoms with Gasteiger partial charge in [-0.05, 0) is 55.0 Å². The number of carbonyl (C=O) groups is 1. The Morgan fingerprint density at radius 2 is 1.74 bits per heavy atom. The van der Waals surface area contributed by atoms with Gasteiger partial charge in [0.05, 0.1) is 23.1 Å². The van der Waals surface area contributed by atoms with Gasteiger partial charge in [0.15, 0.2) is 0 Å². The third-order valence-electron chi connectivity index (χ3n) is 4.53. The monoisotopic (exact) mass is 453 g/mol. The Morgan fingerprint density at radius 3 is 2.39 bits per heavy atom. The first-order valence-corrected chi connectivity index (χ1v) is 11.2. The van der Waals surface area contributed by atoms with Gasteiger partial charge in [0.1, 0.15) is 0 Å². The summed E-state index contributed by atoms with van der Waals surface area (Å²) in [6.07, 6.45) is 0. The number of sulfonamides is 1. The van der Waals surface area contributed by atoms with Gasteiger partial charge in [-0.1, -0.05) is 47.5 Å². The van der Waals surface area contributed by atoms with Crippen molar-refractivity contribution >= 4 is 33.2 Å². The molecule has 0 aliphatic carbocycles. The normalized spacial score (nSPS) is 11.2. The van der Waals surface area contributed by atoms with E-state index in [9.17, 15) is 13.2 Å². The summed E-state index contributed by atoms with van der Waals surface area (Å²) in [5, 5.41) is 12.2. The van der Waals surface area contributed by atoms with Gasteiger partial charge < -0.3 is 5.32 Å². The van der Waals surface area contributed by atoms with E-state index in [1.807, 2.05) is 13.0 Å². The molecular weight excluding hydrogens is 434 g/mol. The molecule has 0 bridgehead atoms. The number of rotatable bonds is 7. The highest BCUT2D eigenvalue weighted by Crippen LogP contribution is 2.20. The molecule has 1 amide bonds. The van der Waals surface area contributed by atoms with Gasteiger partial charge in [-0.25, -0.2) is 8.42 Å². The highest BCUT2D eigenvalue weighted by molar-refractivity contribution is 7.89. The Bertz CT molecular complexity index is 1220. The fraction of sp³-hybridized carbons (Fsp3) is 0.130. The molecule has 0 radical (unpaired) electrons. The largest absolute Gasteiger partial charge is 0.325 e. The summed E-state index contributed by atoms with van der Waals surface area (Å²) >= 11 is 5.93. The van der Waals surface area contributed by atoms with Gasteiger partial charge in [-0.3, -0.25) is 4.79 Å². The minimum Gasteiger partial charge on any atom is -0.325 e. The van der Waals surface area contributed by atoms with E-state index in [0.717, 1.165) is 9.87 Å². The standard InChI is InChI=1S/C23H20ClN3O3S/c1-17-5-11-22(12-6-17)31(29,30)27(15-18-7-9-20(24)10-8-18)16-23(28)26-21-4-2-3-19(13-21)14-25/h2-13H,15-16H2,1H3,(H,26,28). The lowest BCUT2D eigenvalue weighted by molar-refractivity contribution is -0.116. The molecule has 0 aliphatic heterocycles. The number of hydrogen-bond acceptors (Lipinski definition) is 4. The van der Waals surface area contributed by atoms with Crippen LogP contribution in [0.4, 0.5) is 5.69 Å². The second-order valence-corrected chi connectivity index (χ2v) is 9.33. The van der Waals surface area contributed by atoms with Crippen molar-refractivity contribution in [3.63, 3.8) is 0 Å². The number of nitrogens with zero attached hydrogens (tertiary/aromatic N) is 2. The van der Waals surface area contributed by atoms with Crippen molar-refractivity contribution in [2.24, 2.45) is 0 Å². The molecular formula is C23H20ClN3O3S. The lowest BCUT2D eigenvalue weighted by atomic mass is 10.2. The fourth-order valence-corrected chi connectivity index (χ4v) is 4.42. The van der Waals surface area contributed by atoms with Crippen molar-refractivity contribution in [2.75, 3.05) is 11.9 Å². The summed E-state index contributed by atoms with van der Waals surface area (Å²) in [5.74, 6) is -0.514. The van der Waals surface area contributed by atoms with E-state index in [-0.39, 0.29) is 11.4 Å². The predicted octanol–water partition coefficient (Wildman–Crippen LogP) is 4.35. The molecule has 0 unspecified atom stereocenters. The van der Waals surface area contributed by atoms with Gasteiger partial charge in [0, 0.05) is 17.3 Å². The van der Waals surface area contributed by atoms with Crippen molar-refractivity contribution in [2.45, 2.75) is 18.4 Å². The SMILES string of the molecule is Cc1ccc(S(=O)(=O)N(CC(=O)Nc2cccc(C#N)c2)Cc2ccc(Cl)cc2)cc1. The molecule has 0 saturated carbocycles. The maximum Gasteiger partial charge on any atom is 0.243 e. The molecule has 0 aliphatic rings. The summed E-state index contributed by atoms with van der Waals surface area (Å²) in [6.45, 7) is 1.47. The first kappa shape index (κ1) is 22.5. The van der Waals surface area contributed by atoms with E-state index in [4.69, 9.17) is 16.9 Å². The maximum atomic E-state index is 13.3. The van der Waals surface area contributed by atoms with E-state index in [1.54, 1.807) is 54.6 Å². The second kappa shape index (κ2) is 9.75. The number of nitrogens with one attached hydrogen (secondary N) is 1. The van der Waals surface area contributed by atoms with E-state index in [1.165, 1.54) is 18.2 Å². The molecule has 8 heteroatoms. The van der Waals surface area contributed by atoms with Crippen molar-refractivity contribution in [3.8, 4) is 6.07 Å². The number of aryl methyl sites for hydroxylation is 1. The molecule has 0 saturated heterocycles. The van der Waals surface area contributed by atoms with Crippen molar-refractivity contribution in [1.82, 2.24) is 4.31 Å². The lowest BCUT2D eigenvalue weighted by Crippen LogP contribution is -2.37. The third kappa shape index (κ3) is 5.92. The van der Waals surface area contributed by atoms with Crippen LogP contribution in [0.1, 0.15) is 16.7 Å². The number of halogens is 1. The Labute approximate surface area is 186 Å². The molecule has 0 aromatic heterocycles. The topological polar surface area (TPSA) is 90.3 Å². The molecule has 158 valence electrons. The molecule has 0 spiro atoms. The summed E-state index contributed by atoms with van der Waals surface area (Å²) in [6, 6.07) is 21.6. The van der Waals surface area contributed by atoms with Gasteiger partial charge in [0.25, 0.3) is 0 Å². The Hall–Kier alpha value is -3.18. The zero-order chi connectivity index (χ0) is 22.4. The zero-order valence-electron chi connectivity index (χ0n) is 16.7. The van der Waals surface area contributed by atoms with Crippen LogP contribution in [0.2, 0.25) is 5.02 Å². The number of benzene rings is 3. The molecule has 1 N–H and O–H groups in total. The molecule has 6 nitrogen and oxygen atoms in total. The number of anilines is 1. The summed E-state index contributed by atoms with van der Waals surface area (Å²) in [5.41, 5.74) is 2.43. The van der Waals surface area contributed by atoms with Crippen LogP contribution in [0.5, 0.6) is 0 Å². The Balaban J connectivity index is 1.87. The summed E-state index contributed by atoms with van der Waals surface area (Å²) in [7, 11) is -3.94. The molecule has 3 rings (SSSR count). The fourth-order valence-electron chi connectivity index (χ4n) is 2.91. The van der Waals surface area contributed by atoms with Crippen LogP contribution >= 0.6 is 11.6 Å². The van der Waals surface area contributed by atoms with Crippen LogP contribution < -0.4 is 5.32 Å². The lowest BCUT2D eigenvalue weighted by Gasteiger charge is -2.22. The van der Waals surface area contributed by atoms with Gasteiger partial charge >= 0.3 is 0 Å². The average molecular weight is 454 g/mol. The smallest absolute Gasteiger partial charge is 0.243 e. The molecule has 3 aromatic rings. The summed E-state index contributed by atoms with van der Waals surface area (Å²) < 4.78 is 27.7. The molecule has 3 aromatic carbocycles. The van der Waals surface area contributed by atoms with Crippen molar-refractivity contribution in [1.29, 1.82) is 5.26 Å². The van der Waals surface area contributed by atoms with E-state index in [0.29, 0.717) is 21.8 Å². The van der Waals surface area contributed by atoms with Crippen LogP contribution in [0.25, 0.3) is 0 Å². The van der Waals surface area contributed by atoms with Gasteiger partial charge in [-0.2, -0.15) is 9.57 Å². The van der Waals surface area contributed by atoms with Gasteiger partial charge in [0.2, 0.25) is 15.9 Å². The van der Waals surface area contributed by atoms with Crippen LogP contribution in [-0.4, -0.2) is 25.2 Å². The molecule has 0 fully saturated rings. The van der Waals surface area contributed by atoms with Crippen LogP contribution in [-0.2, 0) is 21.4 Å². The van der Waals surface area contributed by atoms with Crippen LogP contribution in [0, 0.1) is 18.3 Å². The minimum atomic E-state index is -3.94. The van der Waals surface area contributed by atoms with E-state index in [2.05, 4.69) is 5.32 Å². The second-order valence-electron chi connectivity index (χ2n) is 6.95. The zero-order valence-corrected chi connectivity index (χ0v) is 18.3. The van der Waals surface area contributed by atoms with Gasteiger partial charge in [-0.15, -0.1) is 0 Å². The van der Waals surface area contributed by atoms with Crippen LogP contribution in [0.15, 0.2) is 77.7 Å². The first-order chi connectivity index (χ1) is 14.8. The van der Waals surface area contributed by atoms with E-state index >= 15 is 0 Å². The average Bonchev–Trinajstić information content (AvgIpc) is 2.75. The highest BCUT2D eigenvalue weighted by atomic mass is 35.5. The Morgan fingerprint density at radius 1 is 1.06 bits per heavy atom. The Kier molecular flexibility index (Phi) is 7.08. The van der Waals surface area contributed by atoms with Crippen molar-refractivity contribution in [3.05, 3.63) is 94.5 Å². The minimum absolute atomic E-state index is 0.000958. The first-order valence-electron chi connectivity index (χ1n) is 9.39.